The molecule has 7 nitrogen and oxygen atoms in total. The lowest BCUT2D eigenvalue weighted by atomic mass is 10.0. The number of rotatable bonds is 3. The van der Waals surface area contributed by atoms with E-state index in [4.69, 9.17) is 4.74 Å². The van der Waals surface area contributed by atoms with Crippen LogP contribution in [0.1, 0.15) is 59.6 Å². The summed E-state index contributed by atoms with van der Waals surface area (Å²) in [6.07, 6.45) is 1.53. The Hall–Kier alpha value is -2.88. The lowest BCUT2D eigenvalue weighted by Gasteiger charge is -2.34. The number of fused-ring (bicyclic) bond motifs is 1. The van der Waals surface area contributed by atoms with Gasteiger partial charge in [-0.15, -0.1) is 0 Å². The average molecular weight is 433 g/mol. The summed E-state index contributed by atoms with van der Waals surface area (Å²) < 4.78 is 47.5. The molecule has 2 aromatic heterocycles. The van der Waals surface area contributed by atoms with Crippen molar-refractivity contribution in [2.75, 3.05) is 19.7 Å². The van der Waals surface area contributed by atoms with Gasteiger partial charge in [-0.25, -0.2) is 4.98 Å². The third kappa shape index (κ3) is 3.69. The molecule has 10 heteroatoms. The summed E-state index contributed by atoms with van der Waals surface area (Å²) in [6, 6.07) is 3.76. The summed E-state index contributed by atoms with van der Waals surface area (Å²) in [5.41, 5.74) is 0.825. The maximum Gasteiger partial charge on any atom is 0.416 e. The Labute approximate surface area is 176 Å². The van der Waals surface area contributed by atoms with Gasteiger partial charge in [-0.05, 0) is 43.9 Å². The fraction of sp³-hybridized carbons (Fsp3) is 0.476. The Kier molecular flexibility index (Phi) is 4.96. The van der Waals surface area contributed by atoms with Gasteiger partial charge in [-0.1, -0.05) is 0 Å². The van der Waals surface area contributed by atoms with Crippen LogP contribution in [0, 0.1) is 0 Å². The zero-order valence-electron chi connectivity index (χ0n) is 16.7. The van der Waals surface area contributed by atoms with Gasteiger partial charge in [0.25, 0.3) is 5.91 Å². The molecule has 1 N–H and O–H groups in total. The van der Waals surface area contributed by atoms with Crippen molar-refractivity contribution in [3.05, 3.63) is 47.5 Å². The molecule has 1 aromatic carbocycles. The van der Waals surface area contributed by atoms with E-state index in [0.717, 1.165) is 25.0 Å². The molecule has 2 fully saturated rings. The van der Waals surface area contributed by atoms with Crippen LogP contribution in [0.15, 0.2) is 30.6 Å². The number of imidazole rings is 1. The molecule has 0 spiro atoms. The van der Waals surface area contributed by atoms with E-state index >= 15 is 0 Å². The Balaban J connectivity index is 1.45. The molecule has 0 aliphatic carbocycles. The number of aromatic nitrogens is 4. The van der Waals surface area contributed by atoms with Crippen molar-refractivity contribution in [1.82, 2.24) is 24.6 Å². The molecule has 1 unspecified atom stereocenters. The monoisotopic (exact) mass is 433 g/mol. The van der Waals surface area contributed by atoms with Gasteiger partial charge < -0.3 is 14.2 Å². The number of H-pyrrole nitrogens is 1. The number of aromatic amines is 1. The smallest absolute Gasteiger partial charge is 0.370 e. The summed E-state index contributed by atoms with van der Waals surface area (Å²) in [4.78, 5) is 19.0. The molecule has 5 rings (SSSR count). The van der Waals surface area contributed by atoms with E-state index < -0.39 is 11.7 Å². The second-order valence-electron chi connectivity index (χ2n) is 8.05. The molecule has 0 radical (unpaired) electrons. The highest BCUT2D eigenvalue weighted by Gasteiger charge is 2.34. The largest absolute Gasteiger partial charge is 0.416 e. The van der Waals surface area contributed by atoms with Gasteiger partial charge in [0, 0.05) is 31.9 Å². The number of nitrogens with zero attached hydrogens (tertiary/aromatic N) is 4. The van der Waals surface area contributed by atoms with E-state index in [1.807, 2.05) is 4.57 Å². The number of nitrogens with one attached hydrogen (secondary N) is 1. The highest BCUT2D eigenvalue weighted by molar-refractivity contribution is 5.93. The van der Waals surface area contributed by atoms with E-state index in [1.165, 1.54) is 12.3 Å². The number of piperidine rings is 1. The maximum atomic E-state index is 13.2. The second-order valence-corrected chi connectivity index (χ2v) is 8.05. The second kappa shape index (κ2) is 7.67. The summed E-state index contributed by atoms with van der Waals surface area (Å²) in [5.74, 6) is 0.614. The number of carbonyl (C=O) groups excluding carboxylic acids is 1. The quantitative estimate of drug-likeness (QED) is 0.675. The molecule has 1 atom stereocenters. The Morgan fingerprint density at radius 2 is 2.00 bits per heavy atom. The fourth-order valence-electron chi connectivity index (χ4n) is 4.56. The zero-order valence-corrected chi connectivity index (χ0v) is 16.7. The average Bonchev–Trinajstić information content (AvgIpc) is 3.52. The van der Waals surface area contributed by atoms with Crippen molar-refractivity contribution in [3.8, 4) is 0 Å². The zero-order chi connectivity index (χ0) is 21.6. The van der Waals surface area contributed by atoms with E-state index in [2.05, 4.69) is 15.2 Å². The highest BCUT2D eigenvalue weighted by Crippen LogP contribution is 2.38. The Morgan fingerprint density at radius 3 is 2.65 bits per heavy atom. The van der Waals surface area contributed by atoms with Crippen LogP contribution in [0.2, 0.25) is 0 Å². The normalized spacial score (nSPS) is 20.6. The van der Waals surface area contributed by atoms with Crippen LogP contribution in [-0.2, 0) is 10.9 Å². The molecular weight excluding hydrogens is 411 g/mol. The highest BCUT2D eigenvalue weighted by atomic mass is 19.4. The molecule has 4 heterocycles. The van der Waals surface area contributed by atoms with Crippen LogP contribution in [0.4, 0.5) is 13.2 Å². The predicted molar refractivity (Wildman–Crippen MR) is 105 cm³/mol. The SMILES string of the molecule is O=C(c1cn[nH]c1)N1CCC(n2c(C3CCCO3)nc3cc(C(F)(F)F)ccc32)CC1. The van der Waals surface area contributed by atoms with Crippen molar-refractivity contribution in [1.29, 1.82) is 0 Å². The first kappa shape index (κ1) is 20.0. The van der Waals surface area contributed by atoms with Gasteiger partial charge in [0.05, 0.1) is 28.4 Å². The first-order chi connectivity index (χ1) is 14.9. The van der Waals surface area contributed by atoms with Gasteiger partial charge in [0.15, 0.2) is 0 Å². The number of hydrogen-bond acceptors (Lipinski definition) is 4. The molecular formula is C21H22F3N5O2. The van der Waals surface area contributed by atoms with Crippen LogP contribution in [0.3, 0.4) is 0 Å². The molecule has 3 aromatic rings. The minimum atomic E-state index is -4.42. The number of halogens is 3. The van der Waals surface area contributed by atoms with Gasteiger partial charge >= 0.3 is 6.18 Å². The number of alkyl halides is 3. The number of ether oxygens (including phenoxy) is 1. The molecule has 2 aliphatic rings. The van der Waals surface area contributed by atoms with Crippen molar-refractivity contribution in [2.24, 2.45) is 0 Å². The Bertz CT molecular complexity index is 1080. The molecule has 31 heavy (non-hydrogen) atoms. The maximum absolute atomic E-state index is 13.2. The van der Waals surface area contributed by atoms with Gasteiger partial charge in [0.1, 0.15) is 11.9 Å². The number of carbonyl (C=O) groups is 1. The lowest BCUT2D eigenvalue weighted by Crippen LogP contribution is -2.39. The number of likely N-dealkylation sites (tertiary alicyclic amines) is 1. The van der Waals surface area contributed by atoms with Crippen molar-refractivity contribution >= 4 is 16.9 Å². The minimum absolute atomic E-state index is 0.0364. The fourth-order valence-corrected chi connectivity index (χ4v) is 4.56. The predicted octanol–water partition coefficient (Wildman–Crippen LogP) is 4.11. The minimum Gasteiger partial charge on any atom is -0.370 e. The Morgan fingerprint density at radius 1 is 1.19 bits per heavy atom. The van der Waals surface area contributed by atoms with Gasteiger partial charge in [-0.3, -0.25) is 9.89 Å². The summed E-state index contributed by atoms with van der Waals surface area (Å²) >= 11 is 0. The first-order valence-electron chi connectivity index (χ1n) is 10.4. The van der Waals surface area contributed by atoms with Crippen LogP contribution < -0.4 is 0 Å². The number of amides is 1. The van der Waals surface area contributed by atoms with Crippen molar-refractivity contribution in [2.45, 2.75) is 44.0 Å². The topological polar surface area (TPSA) is 76.0 Å². The van der Waals surface area contributed by atoms with E-state index in [1.54, 1.807) is 11.1 Å². The number of hydrogen-bond donors (Lipinski definition) is 1. The molecule has 164 valence electrons. The van der Waals surface area contributed by atoms with E-state index in [9.17, 15) is 18.0 Å². The lowest BCUT2D eigenvalue weighted by molar-refractivity contribution is -0.137. The van der Waals surface area contributed by atoms with Crippen molar-refractivity contribution in [3.63, 3.8) is 0 Å². The van der Waals surface area contributed by atoms with Gasteiger partial charge in [0.2, 0.25) is 0 Å². The van der Waals surface area contributed by atoms with Crippen LogP contribution in [-0.4, -0.2) is 50.3 Å². The third-order valence-corrected chi connectivity index (χ3v) is 6.12. The first-order valence-corrected chi connectivity index (χ1v) is 10.4. The molecule has 2 aliphatic heterocycles. The molecule has 0 saturated carbocycles. The standard InChI is InChI=1S/C21H22F3N5O2/c22-21(23,24)14-3-4-17-16(10-14)27-19(18-2-1-9-31-18)29(17)15-5-7-28(8-6-15)20(30)13-11-25-26-12-13/h3-4,10-12,15,18H,1-2,5-9H2,(H,25,26). The summed E-state index contributed by atoms with van der Waals surface area (Å²) in [7, 11) is 0. The molecule has 1 amide bonds. The van der Waals surface area contributed by atoms with Gasteiger partial charge in [-0.2, -0.15) is 18.3 Å². The summed E-state index contributed by atoms with van der Waals surface area (Å²) in [5, 5.41) is 6.48. The third-order valence-electron chi connectivity index (χ3n) is 6.12. The van der Waals surface area contributed by atoms with Crippen LogP contribution in [0.5, 0.6) is 0 Å². The van der Waals surface area contributed by atoms with Crippen LogP contribution in [0.25, 0.3) is 11.0 Å². The van der Waals surface area contributed by atoms with Crippen LogP contribution >= 0.6 is 0 Å². The molecule has 2 saturated heterocycles. The number of benzene rings is 1. The van der Waals surface area contributed by atoms with E-state index in [-0.39, 0.29) is 18.1 Å². The van der Waals surface area contributed by atoms with Crippen molar-refractivity contribution < 1.29 is 22.7 Å². The van der Waals surface area contributed by atoms with E-state index in [0.29, 0.717) is 55.0 Å². The summed E-state index contributed by atoms with van der Waals surface area (Å²) in [6.45, 7) is 1.74. The molecule has 0 bridgehead atoms.